The van der Waals surface area contributed by atoms with Crippen LogP contribution >= 0.6 is 11.6 Å². The van der Waals surface area contributed by atoms with Crippen LogP contribution < -0.4 is 4.90 Å². The number of piperazine rings is 1. The highest BCUT2D eigenvalue weighted by molar-refractivity contribution is 6.31. The molecule has 5 nitrogen and oxygen atoms in total. The lowest BCUT2D eigenvalue weighted by Gasteiger charge is -2.43. The minimum atomic E-state index is -4.53. The molecular weight excluding hydrogens is 534 g/mol. The third kappa shape index (κ3) is 5.49. The highest BCUT2D eigenvalue weighted by atomic mass is 35.5. The molecule has 0 N–H and O–H groups in total. The predicted octanol–water partition coefficient (Wildman–Crippen LogP) is 5.74. The Morgan fingerprint density at radius 2 is 1.71 bits per heavy atom. The summed E-state index contributed by atoms with van der Waals surface area (Å²) in [4.78, 5) is 22.5. The third-order valence-corrected chi connectivity index (χ3v) is 7.80. The largest absolute Gasteiger partial charge is 0.433 e. The predicted molar refractivity (Wildman–Crippen MR) is 131 cm³/mol. The van der Waals surface area contributed by atoms with E-state index in [0.717, 1.165) is 30.5 Å². The molecule has 1 aromatic heterocycles. The van der Waals surface area contributed by atoms with Crippen molar-refractivity contribution in [1.29, 1.82) is 0 Å². The fourth-order valence-electron chi connectivity index (χ4n) is 5.59. The summed E-state index contributed by atoms with van der Waals surface area (Å²) in [5.41, 5.74) is 0.0852. The van der Waals surface area contributed by atoms with E-state index in [1.54, 1.807) is 6.07 Å². The summed E-state index contributed by atoms with van der Waals surface area (Å²) in [6, 6.07) is 6.34. The Morgan fingerprint density at radius 3 is 2.26 bits per heavy atom. The van der Waals surface area contributed by atoms with E-state index >= 15 is 0 Å². The number of carbonyl (C=O) groups is 1. The Morgan fingerprint density at radius 1 is 1.00 bits per heavy atom. The Balaban J connectivity index is 1.19. The van der Waals surface area contributed by atoms with Gasteiger partial charge in [-0.05, 0) is 54.7 Å². The zero-order valence-corrected chi connectivity index (χ0v) is 21.0. The van der Waals surface area contributed by atoms with Crippen molar-refractivity contribution in [3.63, 3.8) is 0 Å². The van der Waals surface area contributed by atoms with E-state index in [-0.39, 0.29) is 29.6 Å². The van der Waals surface area contributed by atoms with Gasteiger partial charge in [0.2, 0.25) is 5.91 Å². The second-order valence-corrected chi connectivity index (χ2v) is 10.3. The topological polar surface area (TPSA) is 39.7 Å². The number of carbonyl (C=O) groups excluding carboxylic acids is 1. The van der Waals surface area contributed by atoms with Crippen molar-refractivity contribution in [3.8, 4) is 0 Å². The van der Waals surface area contributed by atoms with E-state index in [4.69, 9.17) is 11.6 Å². The Hall–Kier alpha value is -2.79. The first kappa shape index (κ1) is 26.8. The zero-order chi connectivity index (χ0) is 27.2. The molecule has 2 bridgehead atoms. The maximum absolute atomic E-state index is 13.2. The summed E-state index contributed by atoms with van der Waals surface area (Å²) in [5.74, 6) is -0.0326. The number of hydrogen-bond acceptors (Lipinski definition) is 4. The van der Waals surface area contributed by atoms with Gasteiger partial charge in [-0.3, -0.25) is 9.69 Å². The second-order valence-electron chi connectivity index (χ2n) is 9.90. The molecule has 2 aromatic rings. The molecule has 0 saturated carbocycles. The summed E-state index contributed by atoms with van der Waals surface area (Å²) < 4.78 is 78.3. The van der Waals surface area contributed by atoms with Gasteiger partial charge in [-0.25, -0.2) is 4.98 Å². The number of hydrogen-bond donors (Lipinski definition) is 0. The highest BCUT2D eigenvalue weighted by Gasteiger charge is 2.42. The number of likely N-dealkylation sites (tertiary alicyclic amines) is 1. The number of anilines is 1. The molecule has 2 saturated heterocycles. The molecule has 0 spiro atoms. The van der Waals surface area contributed by atoms with Gasteiger partial charge >= 0.3 is 12.4 Å². The Labute approximate surface area is 220 Å². The van der Waals surface area contributed by atoms with Crippen LogP contribution in [0.5, 0.6) is 0 Å². The van der Waals surface area contributed by atoms with Crippen molar-refractivity contribution in [2.75, 3.05) is 37.6 Å². The molecule has 1 aromatic carbocycles. The third-order valence-electron chi connectivity index (χ3n) is 7.47. The fraction of sp³-hybridized carbons (Fsp3) is 0.462. The van der Waals surface area contributed by atoms with Gasteiger partial charge in [0.25, 0.3) is 0 Å². The first-order valence-electron chi connectivity index (χ1n) is 12.3. The van der Waals surface area contributed by atoms with Crippen LogP contribution in [0.15, 0.2) is 42.6 Å². The first-order chi connectivity index (χ1) is 17.9. The minimum Gasteiger partial charge on any atom is -0.361 e. The Kier molecular flexibility index (Phi) is 7.10. The lowest BCUT2D eigenvalue weighted by Crippen LogP contribution is -2.57. The van der Waals surface area contributed by atoms with Gasteiger partial charge in [0.05, 0.1) is 29.0 Å². The lowest BCUT2D eigenvalue weighted by atomic mass is 9.97. The van der Waals surface area contributed by atoms with E-state index in [0.29, 0.717) is 43.9 Å². The molecule has 2 atom stereocenters. The monoisotopic (exact) mass is 558 g/mol. The number of alkyl halides is 6. The van der Waals surface area contributed by atoms with Gasteiger partial charge in [0.15, 0.2) is 0 Å². The molecule has 204 valence electrons. The van der Waals surface area contributed by atoms with Gasteiger partial charge in [0, 0.05) is 38.3 Å². The van der Waals surface area contributed by atoms with Crippen molar-refractivity contribution in [2.45, 2.75) is 43.7 Å². The quantitative estimate of drug-likeness (QED) is 0.449. The zero-order valence-electron chi connectivity index (χ0n) is 20.2. The molecule has 3 aliphatic heterocycles. The summed E-state index contributed by atoms with van der Waals surface area (Å²) in [6.07, 6.45) is -3.74. The number of rotatable bonds is 4. The van der Waals surface area contributed by atoms with Gasteiger partial charge in [-0.1, -0.05) is 23.7 Å². The van der Waals surface area contributed by atoms with Crippen molar-refractivity contribution in [1.82, 2.24) is 14.8 Å². The van der Waals surface area contributed by atoms with E-state index in [2.05, 4.69) is 9.88 Å². The number of pyridine rings is 1. The van der Waals surface area contributed by atoms with Crippen molar-refractivity contribution in [3.05, 3.63) is 64.4 Å². The smallest absolute Gasteiger partial charge is 0.361 e. The van der Waals surface area contributed by atoms with Crippen LogP contribution in [0.1, 0.15) is 36.1 Å². The van der Waals surface area contributed by atoms with E-state index in [9.17, 15) is 31.1 Å². The van der Waals surface area contributed by atoms with Crippen molar-refractivity contribution < 1.29 is 31.1 Å². The average molecular weight is 559 g/mol. The molecule has 4 heterocycles. The molecule has 3 aliphatic rings. The van der Waals surface area contributed by atoms with E-state index < -0.39 is 23.6 Å². The molecule has 0 radical (unpaired) electrons. The van der Waals surface area contributed by atoms with Crippen LogP contribution in [0.2, 0.25) is 5.02 Å². The van der Waals surface area contributed by atoms with E-state index in [1.807, 2.05) is 15.9 Å². The molecule has 2 unspecified atom stereocenters. The SMILES string of the molecule is O=C(CN1CC=C(c2ccc(Cl)c(C(F)(F)F)c2)CC1)N1CC2CCC(C1)N2c1ccc(C(F)(F)F)nc1. The number of benzene rings is 1. The fourth-order valence-corrected chi connectivity index (χ4v) is 5.81. The summed E-state index contributed by atoms with van der Waals surface area (Å²) in [6.45, 7) is 2.13. The van der Waals surface area contributed by atoms with Crippen molar-refractivity contribution >= 4 is 28.8 Å². The summed E-state index contributed by atoms with van der Waals surface area (Å²) in [7, 11) is 0. The number of fused-ring (bicyclic) bond motifs is 2. The van der Waals surface area contributed by atoms with Gasteiger partial charge in [0.1, 0.15) is 5.69 Å². The molecule has 5 rings (SSSR count). The van der Waals surface area contributed by atoms with Gasteiger partial charge in [-0.2, -0.15) is 26.3 Å². The number of nitrogens with zero attached hydrogens (tertiary/aromatic N) is 4. The molecular formula is C26H25ClF6N4O. The van der Waals surface area contributed by atoms with Crippen LogP contribution in [0.4, 0.5) is 32.0 Å². The maximum atomic E-state index is 13.2. The standard InChI is InChI=1S/C26H25ClF6N4O/c27-22-5-1-17(11-21(22)25(28,29)30)16-7-9-35(10-8-16)15-24(38)36-13-19-2-3-20(14-36)37(19)18-4-6-23(34-12-18)26(31,32)33/h1,4-7,11-12,19-20H,2-3,8-10,13-15H2. The summed E-state index contributed by atoms with van der Waals surface area (Å²) >= 11 is 5.73. The van der Waals surface area contributed by atoms with Crippen molar-refractivity contribution in [2.24, 2.45) is 0 Å². The van der Waals surface area contributed by atoms with Crippen LogP contribution in [0.25, 0.3) is 5.57 Å². The highest BCUT2D eigenvalue weighted by Crippen LogP contribution is 2.38. The molecule has 0 aliphatic carbocycles. The second kappa shape index (κ2) is 10.1. The number of halogens is 7. The maximum Gasteiger partial charge on any atom is 0.433 e. The molecule has 38 heavy (non-hydrogen) atoms. The average Bonchev–Trinajstić information content (AvgIpc) is 3.12. The molecule has 1 amide bonds. The first-order valence-corrected chi connectivity index (χ1v) is 12.7. The summed E-state index contributed by atoms with van der Waals surface area (Å²) in [5, 5.41) is -0.339. The lowest BCUT2D eigenvalue weighted by molar-refractivity contribution is -0.141. The van der Waals surface area contributed by atoms with Gasteiger partial charge < -0.3 is 9.80 Å². The molecule has 2 fully saturated rings. The minimum absolute atomic E-state index is 0.0109. The van der Waals surface area contributed by atoms with E-state index in [1.165, 1.54) is 18.3 Å². The van der Waals surface area contributed by atoms with Crippen LogP contribution in [-0.4, -0.2) is 65.5 Å². The molecule has 12 heteroatoms. The number of amides is 1. The van der Waals surface area contributed by atoms with Crippen LogP contribution in [0.3, 0.4) is 0 Å². The number of aromatic nitrogens is 1. The van der Waals surface area contributed by atoms with Gasteiger partial charge in [-0.15, -0.1) is 0 Å². The normalized spacial score (nSPS) is 22.6. The Bertz CT molecular complexity index is 1220. The van der Waals surface area contributed by atoms with Crippen LogP contribution in [0, 0.1) is 0 Å². The van der Waals surface area contributed by atoms with Crippen LogP contribution in [-0.2, 0) is 17.1 Å².